The topological polar surface area (TPSA) is 120 Å². The van der Waals surface area contributed by atoms with Crippen molar-refractivity contribution < 1.29 is 19.1 Å². The molecular weight excluding hydrogens is 544 g/mol. The molecule has 0 unspecified atom stereocenters. The van der Waals surface area contributed by atoms with E-state index >= 15 is 0 Å². The summed E-state index contributed by atoms with van der Waals surface area (Å²) in [4.78, 5) is 29.8. The first kappa shape index (κ1) is 30.2. The Morgan fingerprint density at radius 2 is 1.74 bits per heavy atom. The molecule has 1 aromatic carbocycles. The van der Waals surface area contributed by atoms with Gasteiger partial charge in [-0.3, -0.25) is 9.20 Å². The number of ether oxygens (including phenoxy) is 2. The van der Waals surface area contributed by atoms with Crippen molar-refractivity contribution >= 4 is 23.1 Å². The highest BCUT2D eigenvalue weighted by atomic mass is 16.5. The molecule has 2 atom stereocenters. The van der Waals surface area contributed by atoms with Crippen LogP contribution in [0, 0.1) is 0 Å². The van der Waals surface area contributed by atoms with Gasteiger partial charge in [0.2, 0.25) is 0 Å². The molecule has 0 radical (unpaired) electrons. The molecular formula is C33H40N6O4. The third-order valence-corrected chi connectivity index (χ3v) is 7.72. The maximum Gasteiger partial charge on any atom is 0.319 e. The maximum absolute atomic E-state index is 13.2. The number of amides is 2. The molecule has 226 valence electrons. The highest BCUT2D eigenvalue weighted by Crippen LogP contribution is 2.39. The third-order valence-electron chi connectivity index (χ3n) is 7.72. The lowest BCUT2D eigenvalue weighted by atomic mass is 9.85. The van der Waals surface area contributed by atoms with Crippen LogP contribution in [0.5, 0.6) is 5.75 Å². The van der Waals surface area contributed by atoms with E-state index in [1.54, 1.807) is 13.2 Å². The van der Waals surface area contributed by atoms with Crippen molar-refractivity contribution in [3.05, 3.63) is 83.1 Å². The van der Waals surface area contributed by atoms with Crippen LogP contribution in [0.4, 0.5) is 10.5 Å². The standard InChI is InChI=1S/C33H40N6O4/c1-20(40)26-16-21(17-28(35-26)32(2,3)4)34-31(41)36-25-13-14-27(24-11-9-8-10-23(24)25)43-22-12-15-29-37-38-30(39(29)18-22)33(5,6)19-42-7/h8-12,15-18,25,27H,13-14,19H2,1-7H3,(H2,34,35,36,41)/t25-,27+/m0/s1. The number of fused-ring (bicyclic) bond motifs is 2. The summed E-state index contributed by atoms with van der Waals surface area (Å²) in [5.74, 6) is 1.35. The molecule has 1 aliphatic carbocycles. The van der Waals surface area contributed by atoms with Crippen LogP contribution in [0.3, 0.4) is 0 Å². The molecule has 43 heavy (non-hydrogen) atoms. The van der Waals surface area contributed by atoms with E-state index in [9.17, 15) is 9.59 Å². The molecule has 3 aromatic heterocycles. The number of rotatable bonds is 8. The van der Waals surface area contributed by atoms with E-state index in [0.29, 0.717) is 36.6 Å². The fraction of sp³-hybridized carbons (Fsp3) is 0.424. The van der Waals surface area contributed by atoms with Crippen LogP contribution in [0.1, 0.15) is 99.7 Å². The smallest absolute Gasteiger partial charge is 0.319 e. The SMILES string of the molecule is COCC(C)(C)c1nnc2ccc(O[C@@H]3CC[C@H](NC(=O)Nc4cc(C(C)=O)nc(C(C)(C)C)c4)c4ccccc43)cn12. The zero-order valence-corrected chi connectivity index (χ0v) is 25.9. The number of ketones is 1. The van der Waals surface area contributed by atoms with Gasteiger partial charge >= 0.3 is 6.03 Å². The average molecular weight is 585 g/mol. The molecule has 2 N–H and O–H groups in total. The number of Topliss-reactive ketones (excluding diaryl/α,β-unsaturated/α-hetero) is 1. The van der Waals surface area contributed by atoms with Gasteiger partial charge < -0.3 is 20.1 Å². The van der Waals surface area contributed by atoms with E-state index in [-0.39, 0.29) is 34.8 Å². The van der Waals surface area contributed by atoms with E-state index in [1.165, 1.54) is 6.92 Å². The summed E-state index contributed by atoms with van der Waals surface area (Å²) in [5, 5.41) is 14.8. The van der Waals surface area contributed by atoms with Gasteiger partial charge in [0, 0.05) is 36.2 Å². The lowest BCUT2D eigenvalue weighted by molar-refractivity contribution is 0.101. The summed E-state index contributed by atoms with van der Waals surface area (Å²) in [5.41, 5.74) is 3.76. The van der Waals surface area contributed by atoms with E-state index in [0.717, 1.165) is 28.3 Å². The largest absolute Gasteiger partial charge is 0.484 e. The Bertz CT molecular complexity index is 1650. The normalized spacial score (nSPS) is 16.9. The molecule has 0 saturated heterocycles. The number of nitrogens with zero attached hydrogens (tertiary/aromatic N) is 4. The maximum atomic E-state index is 13.2. The van der Waals surface area contributed by atoms with Crippen LogP contribution in [0.25, 0.3) is 5.65 Å². The highest BCUT2D eigenvalue weighted by Gasteiger charge is 2.31. The molecule has 10 heteroatoms. The number of hydrogen-bond donors (Lipinski definition) is 2. The van der Waals surface area contributed by atoms with Crippen molar-refractivity contribution in [2.24, 2.45) is 0 Å². The predicted octanol–water partition coefficient (Wildman–Crippen LogP) is 6.33. The minimum absolute atomic E-state index is 0.153. The van der Waals surface area contributed by atoms with Crippen LogP contribution >= 0.6 is 0 Å². The number of hydrogen-bond acceptors (Lipinski definition) is 7. The van der Waals surface area contributed by atoms with Crippen molar-refractivity contribution in [2.45, 2.75) is 77.4 Å². The van der Waals surface area contributed by atoms with Crippen molar-refractivity contribution in [1.82, 2.24) is 24.9 Å². The van der Waals surface area contributed by atoms with E-state index in [1.807, 2.05) is 73.8 Å². The second kappa shape index (κ2) is 11.8. The van der Waals surface area contributed by atoms with Crippen LogP contribution in [0.15, 0.2) is 54.7 Å². The van der Waals surface area contributed by atoms with Gasteiger partial charge in [0.1, 0.15) is 23.4 Å². The molecule has 0 aliphatic heterocycles. The summed E-state index contributed by atoms with van der Waals surface area (Å²) >= 11 is 0. The number of urea groups is 1. The second-order valence-electron chi connectivity index (χ2n) is 12.8. The van der Waals surface area contributed by atoms with Crippen molar-refractivity contribution in [1.29, 1.82) is 0 Å². The third kappa shape index (κ3) is 6.54. The Balaban J connectivity index is 1.34. The van der Waals surface area contributed by atoms with Gasteiger partial charge in [-0.15, -0.1) is 10.2 Å². The Hall–Kier alpha value is -4.31. The number of carbonyl (C=O) groups is 2. The van der Waals surface area contributed by atoms with Crippen molar-refractivity contribution in [3.63, 3.8) is 0 Å². The van der Waals surface area contributed by atoms with Gasteiger partial charge in [-0.1, -0.05) is 58.9 Å². The number of benzene rings is 1. The van der Waals surface area contributed by atoms with Gasteiger partial charge in [0.05, 0.1) is 18.8 Å². The minimum atomic E-state index is -0.344. The molecule has 0 bridgehead atoms. The van der Waals surface area contributed by atoms with Crippen LogP contribution in [-0.4, -0.2) is 45.1 Å². The molecule has 0 saturated carbocycles. The lowest BCUT2D eigenvalue weighted by Gasteiger charge is -2.32. The first-order chi connectivity index (χ1) is 20.4. The molecule has 3 heterocycles. The first-order valence-electron chi connectivity index (χ1n) is 14.6. The molecule has 1 aliphatic rings. The van der Waals surface area contributed by atoms with Crippen LogP contribution in [-0.2, 0) is 15.6 Å². The van der Waals surface area contributed by atoms with Gasteiger partial charge in [-0.2, -0.15) is 0 Å². The monoisotopic (exact) mass is 584 g/mol. The van der Waals surface area contributed by atoms with E-state index in [4.69, 9.17) is 9.47 Å². The summed E-state index contributed by atoms with van der Waals surface area (Å²) in [6.07, 6.45) is 3.15. The van der Waals surface area contributed by atoms with Gasteiger partial charge in [-0.25, -0.2) is 9.78 Å². The lowest BCUT2D eigenvalue weighted by Crippen LogP contribution is -2.35. The first-order valence-corrected chi connectivity index (χ1v) is 14.6. The fourth-order valence-electron chi connectivity index (χ4n) is 5.51. The Morgan fingerprint density at radius 1 is 1.00 bits per heavy atom. The minimum Gasteiger partial charge on any atom is -0.484 e. The molecule has 5 rings (SSSR count). The highest BCUT2D eigenvalue weighted by molar-refractivity contribution is 5.95. The van der Waals surface area contributed by atoms with Gasteiger partial charge in [-0.05, 0) is 48.2 Å². The summed E-state index contributed by atoms with van der Waals surface area (Å²) in [6.45, 7) is 12.2. The molecule has 4 aromatic rings. The Kier molecular flexibility index (Phi) is 8.25. The quantitative estimate of drug-likeness (QED) is 0.232. The number of nitrogens with one attached hydrogen (secondary N) is 2. The van der Waals surface area contributed by atoms with Gasteiger partial charge in [0.25, 0.3) is 0 Å². The van der Waals surface area contributed by atoms with Crippen molar-refractivity contribution in [2.75, 3.05) is 19.0 Å². The number of carbonyl (C=O) groups excluding carboxylic acids is 2. The second-order valence-corrected chi connectivity index (χ2v) is 12.8. The molecule has 0 spiro atoms. The molecule has 10 nitrogen and oxygen atoms in total. The van der Waals surface area contributed by atoms with Crippen LogP contribution < -0.4 is 15.4 Å². The van der Waals surface area contributed by atoms with E-state index < -0.39 is 0 Å². The summed E-state index contributed by atoms with van der Waals surface area (Å²) < 4.78 is 13.9. The molecule has 2 amide bonds. The predicted molar refractivity (Wildman–Crippen MR) is 165 cm³/mol. The number of aromatic nitrogens is 4. The summed E-state index contributed by atoms with van der Waals surface area (Å²) in [6, 6.07) is 14.7. The zero-order chi connectivity index (χ0) is 30.9. The Morgan fingerprint density at radius 3 is 2.44 bits per heavy atom. The summed E-state index contributed by atoms with van der Waals surface area (Å²) in [7, 11) is 1.68. The van der Waals surface area contributed by atoms with Gasteiger partial charge in [0.15, 0.2) is 11.4 Å². The fourth-order valence-corrected chi connectivity index (χ4v) is 5.51. The number of pyridine rings is 2. The molecule has 0 fully saturated rings. The van der Waals surface area contributed by atoms with Crippen molar-refractivity contribution in [3.8, 4) is 5.75 Å². The average Bonchev–Trinajstić information content (AvgIpc) is 3.38. The van der Waals surface area contributed by atoms with Crippen LogP contribution in [0.2, 0.25) is 0 Å². The Labute approximate surface area is 252 Å². The number of methoxy groups -OCH3 is 1. The zero-order valence-electron chi connectivity index (χ0n) is 25.9. The number of anilines is 1. The van der Waals surface area contributed by atoms with E-state index in [2.05, 4.69) is 39.7 Å².